The fraction of sp³-hybridized carbons (Fsp3) is 0.417. The second kappa shape index (κ2) is 7.22. The molecular formula is C12H20N4O2S. The quantitative estimate of drug-likeness (QED) is 0.669. The first-order chi connectivity index (χ1) is 9.06. The Hall–Kier alpha value is -1.44. The van der Waals surface area contributed by atoms with Crippen LogP contribution < -0.4 is 5.32 Å². The molecule has 0 aliphatic rings. The molecule has 7 heteroatoms. The van der Waals surface area contributed by atoms with Crippen molar-refractivity contribution < 1.29 is 8.42 Å². The van der Waals surface area contributed by atoms with Gasteiger partial charge in [-0.05, 0) is 7.05 Å². The van der Waals surface area contributed by atoms with E-state index in [4.69, 9.17) is 0 Å². The van der Waals surface area contributed by atoms with Gasteiger partial charge in [0.15, 0.2) is 0 Å². The summed E-state index contributed by atoms with van der Waals surface area (Å²) >= 11 is 0. The Balaban J connectivity index is 2.93. The third kappa shape index (κ3) is 4.02. The summed E-state index contributed by atoms with van der Waals surface area (Å²) in [6.45, 7) is 8.97. The van der Waals surface area contributed by atoms with Crippen LogP contribution in [0.25, 0.3) is 0 Å². The Bertz CT molecular complexity index is 512. The minimum atomic E-state index is -3.54. The van der Waals surface area contributed by atoms with Crippen LogP contribution in [0.15, 0.2) is 42.6 Å². The van der Waals surface area contributed by atoms with E-state index in [0.29, 0.717) is 6.54 Å². The molecule has 1 rings (SSSR count). The average molecular weight is 284 g/mol. The predicted octanol–water partition coefficient (Wildman–Crippen LogP) is 0.465. The number of likely N-dealkylation sites (N-methyl/N-ethyl adjacent to an activating group) is 1. The summed E-state index contributed by atoms with van der Waals surface area (Å²) in [6.07, 6.45) is 6.00. The topological polar surface area (TPSA) is 67.2 Å². The molecule has 0 saturated heterocycles. The summed E-state index contributed by atoms with van der Waals surface area (Å²) in [6, 6.07) is 0. The molecule has 0 atom stereocenters. The first-order valence-electron chi connectivity index (χ1n) is 5.95. The molecule has 0 fully saturated rings. The molecule has 1 N–H and O–H groups in total. The lowest BCUT2D eigenvalue weighted by molar-refractivity contribution is 0.474. The van der Waals surface area contributed by atoms with Gasteiger partial charge < -0.3 is 5.32 Å². The number of hydrogen-bond acceptors (Lipinski definition) is 4. The Morgan fingerprint density at radius 1 is 1.42 bits per heavy atom. The second-order valence-electron chi connectivity index (χ2n) is 3.94. The fourth-order valence-corrected chi connectivity index (χ4v) is 2.87. The van der Waals surface area contributed by atoms with Crippen LogP contribution in [0, 0.1) is 0 Å². The van der Waals surface area contributed by atoms with Gasteiger partial charge >= 0.3 is 0 Å². The molecule has 1 aromatic heterocycles. The van der Waals surface area contributed by atoms with Gasteiger partial charge in [-0.25, -0.2) is 8.42 Å². The molecule has 0 saturated carbocycles. The minimum Gasteiger partial charge on any atom is -0.318 e. The third-order valence-corrected chi connectivity index (χ3v) is 4.29. The van der Waals surface area contributed by atoms with E-state index in [0.717, 1.165) is 6.54 Å². The van der Waals surface area contributed by atoms with E-state index in [-0.39, 0.29) is 18.0 Å². The first-order valence-corrected chi connectivity index (χ1v) is 7.39. The Labute approximate surface area is 114 Å². The lowest BCUT2D eigenvalue weighted by Crippen LogP contribution is -2.31. The van der Waals surface area contributed by atoms with Gasteiger partial charge in [-0.15, -0.1) is 13.2 Å². The van der Waals surface area contributed by atoms with Gasteiger partial charge in [0.1, 0.15) is 4.90 Å². The lowest BCUT2D eigenvalue weighted by Gasteiger charge is -2.17. The van der Waals surface area contributed by atoms with E-state index in [1.807, 2.05) is 7.05 Å². The molecule has 19 heavy (non-hydrogen) atoms. The molecule has 0 bridgehead atoms. The maximum Gasteiger partial charge on any atom is 0.246 e. The number of aromatic nitrogens is 2. The van der Waals surface area contributed by atoms with E-state index in [9.17, 15) is 8.42 Å². The van der Waals surface area contributed by atoms with E-state index >= 15 is 0 Å². The van der Waals surface area contributed by atoms with Crippen molar-refractivity contribution in [3.05, 3.63) is 37.7 Å². The van der Waals surface area contributed by atoms with Crippen molar-refractivity contribution in [1.29, 1.82) is 0 Å². The zero-order valence-electron chi connectivity index (χ0n) is 11.1. The van der Waals surface area contributed by atoms with E-state index in [1.54, 1.807) is 16.8 Å². The average Bonchev–Trinajstić information content (AvgIpc) is 2.85. The highest BCUT2D eigenvalue weighted by atomic mass is 32.2. The minimum absolute atomic E-state index is 0.187. The standard InChI is InChI=1S/C12H20N4O2S/c1-4-7-16(8-5-2)19(17,18)12-10-14-15(11-12)9-6-13-3/h4-5,10-11,13H,1-2,6-9H2,3H3. The molecule has 0 aliphatic heterocycles. The molecular weight excluding hydrogens is 264 g/mol. The maximum atomic E-state index is 12.4. The number of nitrogens with zero attached hydrogens (tertiary/aromatic N) is 3. The van der Waals surface area contributed by atoms with Crippen molar-refractivity contribution in [2.75, 3.05) is 26.7 Å². The van der Waals surface area contributed by atoms with Gasteiger partial charge in [0, 0.05) is 25.8 Å². The Morgan fingerprint density at radius 2 is 2.05 bits per heavy atom. The molecule has 0 spiro atoms. The van der Waals surface area contributed by atoms with Crippen molar-refractivity contribution in [3.8, 4) is 0 Å². The van der Waals surface area contributed by atoms with Crippen molar-refractivity contribution >= 4 is 10.0 Å². The van der Waals surface area contributed by atoms with Gasteiger partial charge in [-0.1, -0.05) is 12.2 Å². The molecule has 0 aliphatic carbocycles. The van der Waals surface area contributed by atoms with E-state index in [1.165, 1.54) is 16.7 Å². The van der Waals surface area contributed by atoms with Gasteiger partial charge in [0.25, 0.3) is 0 Å². The number of hydrogen-bond donors (Lipinski definition) is 1. The zero-order chi connectivity index (χ0) is 14.3. The van der Waals surface area contributed by atoms with Crippen LogP contribution in [-0.4, -0.2) is 49.2 Å². The fourth-order valence-electron chi connectivity index (χ4n) is 1.53. The smallest absolute Gasteiger partial charge is 0.246 e. The molecule has 0 unspecified atom stereocenters. The molecule has 0 aromatic carbocycles. The first kappa shape index (κ1) is 15.6. The predicted molar refractivity (Wildman–Crippen MR) is 75.3 cm³/mol. The molecule has 1 aromatic rings. The lowest BCUT2D eigenvalue weighted by atomic mass is 10.5. The van der Waals surface area contributed by atoms with Crippen molar-refractivity contribution in [3.63, 3.8) is 0 Å². The molecule has 1 heterocycles. The SMILES string of the molecule is C=CCN(CC=C)S(=O)(=O)c1cnn(CCNC)c1. The van der Waals surface area contributed by atoms with Crippen LogP contribution in [0.2, 0.25) is 0 Å². The van der Waals surface area contributed by atoms with Crippen LogP contribution in [0.1, 0.15) is 0 Å². The Morgan fingerprint density at radius 3 is 2.58 bits per heavy atom. The molecule has 0 amide bonds. The zero-order valence-corrected chi connectivity index (χ0v) is 11.9. The second-order valence-corrected chi connectivity index (χ2v) is 5.88. The van der Waals surface area contributed by atoms with Crippen molar-refractivity contribution in [1.82, 2.24) is 19.4 Å². The van der Waals surface area contributed by atoms with Crippen molar-refractivity contribution in [2.24, 2.45) is 0 Å². The maximum absolute atomic E-state index is 12.4. The normalized spacial score (nSPS) is 11.7. The van der Waals surface area contributed by atoms with Crippen LogP contribution in [0.4, 0.5) is 0 Å². The summed E-state index contributed by atoms with van der Waals surface area (Å²) in [5, 5.41) is 7.02. The van der Waals surface area contributed by atoms with Gasteiger partial charge in [0.05, 0.1) is 12.7 Å². The molecule has 106 valence electrons. The van der Waals surface area contributed by atoms with E-state index in [2.05, 4.69) is 23.6 Å². The monoisotopic (exact) mass is 284 g/mol. The highest BCUT2D eigenvalue weighted by molar-refractivity contribution is 7.89. The highest BCUT2D eigenvalue weighted by Crippen LogP contribution is 2.14. The van der Waals surface area contributed by atoms with Crippen LogP contribution in [0.5, 0.6) is 0 Å². The van der Waals surface area contributed by atoms with Crippen LogP contribution in [-0.2, 0) is 16.6 Å². The van der Waals surface area contributed by atoms with Gasteiger partial charge in [-0.3, -0.25) is 4.68 Å². The number of rotatable bonds is 9. The summed E-state index contributed by atoms with van der Waals surface area (Å²) in [4.78, 5) is 0.187. The summed E-state index contributed by atoms with van der Waals surface area (Å²) in [5.74, 6) is 0. The molecule has 0 radical (unpaired) electrons. The number of nitrogens with one attached hydrogen (secondary N) is 1. The third-order valence-electron chi connectivity index (χ3n) is 2.50. The summed E-state index contributed by atoms with van der Waals surface area (Å²) < 4.78 is 27.6. The van der Waals surface area contributed by atoms with Crippen LogP contribution >= 0.6 is 0 Å². The van der Waals surface area contributed by atoms with Gasteiger partial charge in [0.2, 0.25) is 10.0 Å². The Kier molecular flexibility index (Phi) is 5.94. The number of sulfonamides is 1. The largest absolute Gasteiger partial charge is 0.318 e. The molecule has 6 nitrogen and oxygen atoms in total. The van der Waals surface area contributed by atoms with Gasteiger partial charge in [-0.2, -0.15) is 9.40 Å². The van der Waals surface area contributed by atoms with E-state index < -0.39 is 10.0 Å². The van der Waals surface area contributed by atoms with Crippen LogP contribution in [0.3, 0.4) is 0 Å². The van der Waals surface area contributed by atoms with Crippen molar-refractivity contribution in [2.45, 2.75) is 11.4 Å². The summed E-state index contributed by atoms with van der Waals surface area (Å²) in [5.41, 5.74) is 0. The summed E-state index contributed by atoms with van der Waals surface area (Å²) in [7, 11) is -1.71. The highest BCUT2D eigenvalue weighted by Gasteiger charge is 2.23.